The maximum Gasteiger partial charge on any atom is 0.272 e. The van der Waals surface area contributed by atoms with E-state index < -0.39 is 45.3 Å². The maximum atomic E-state index is 13.7. The van der Waals surface area contributed by atoms with Crippen LogP contribution >= 0.6 is 0 Å². The van der Waals surface area contributed by atoms with Crippen LogP contribution < -0.4 is 10.6 Å². The first kappa shape index (κ1) is 30.2. The molecule has 224 valence electrons. The van der Waals surface area contributed by atoms with Gasteiger partial charge in [-0.1, -0.05) is 72.8 Å². The second-order valence-corrected chi connectivity index (χ2v) is 12.2. The first-order valence-corrected chi connectivity index (χ1v) is 15.6. The quantitative estimate of drug-likeness (QED) is 0.190. The number of sulfone groups is 1. The molecule has 0 fully saturated rings. The van der Waals surface area contributed by atoms with Crippen molar-refractivity contribution < 1.29 is 27.2 Å². The molecule has 0 aliphatic carbocycles. The molecule has 5 rings (SSSR count). The number of hydrogen-bond acceptors (Lipinski definition) is 9. The second-order valence-electron chi connectivity index (χ2n) is 10.1. The summed E-state index contributed by atoms with van der Waals surface area (Å²) >= 11 is 0. The van der Waals surface area contributed by atoms with Gasteiger partial charge in [-0.2, -0.15) is 0 Å². The highest BCUT2D eigenvalue weighted by Gasteiger charge is 2.33. The Kier molecular flexibility index (Phi) is 9.50. The number of para-hydroxylation sites is 2. The summed E-state index contributed by atoms with van der Waals surface area (Å²) in [7, 11) is -3.91. The first-order valence-electron chi connectivity index (χ1n) is 13.8. The number of aryl methyl sites for hydroxylation is 1. The van der Waals surface area contributed by atoms with Crippen molar-refractivity contribution in [3.05, 3.63) is 126 Å². The normalized spacial score (nSPS) is 12.7. The van der Waals surface area contributed by atoms with E-state index in [1.54, 1.807) is 54.6 Å². The van der Waals surface area contributed by atoms with Crippen molar-refractivity contribution in [1.82, 2.24) is 25.6 Å². The molecule has 0 aliphatic heterocycles. The number of benzene rings is 3. The van der Waals surface area contributed by atoms with E-state index in [1.807, 2.05) is 30.3 Å². The molecule has 0 saturated carbocycles. The lowest BCUT2D eigenvalue weighted by Crippen LogP contribution is -2.54. The van der Waals surface area contributed by atoms with Gasteiger partial charge in [0, 0.05) is 12.4 Å². The highest BCUT2D eigenvalue weighted by atomic mass is 32.2. The highest BCUT2D eigenvalue weighted by Crippen LogP contribution is 2.18. The SMILES string of the molecule is O=C(N[C@@H](CS(=O)(=O)Cc1ccccc1)C(=O)N[C@@H](CCc1ccccc1)C(=O)c1nc2ccccc2o1)c1cnccn1. The fraction of sp³-hybridized carbons (Fsp3) is 0.188. The van der Waals surface area contributed by atoms with Gasteiger partial charge in [-0.25, -0.2) is 18.4 Å². The molecule has 0 saturated heterocycles. The van der Waals surface area contributed by atoms with Crippen LogP contribution in [0.4, 0.5) is 0 Å². The molecule has 0 radical (unpaired) electrons. The Hall–Kier alpha value is -5.23. The standard InChI is InChI=1S/C32H29N5O6S/c38-29(32-37-24-13-7-8-14-28(24)43-32)25(16-15-22-9-3-1-4-10-22)35-31(40)27(36-30(39)26-19-33-17-18-34-26)21-44(41,42)20-23-11-5-2-6-12-23/h1-14,17-19,25,27H,15-16,20-21H2,(H,35,40)(H,36,39)/t25-,27-/m0/s1. The van der Waals surface area contributed by atoms with E-state index in [1.165, 1.54) is 18.6 Å². The van der Waals surface area contributed by atoms with Crippen LogP contribution in [0.5, 0.6) is 0 Å². The summed E-state index contributed by atoms with van der Waals surface area (Å²) < 4.78 is 32.1. The molecule has 12 heteroatoms. The van der Waals surface area contributed by atoms with Crippen molar-refractivity contribution in [3.63, 3.8) is 0 Å². The molecule has 0 spiro atoms. The van der Waals surface area contributed by atoms with Gasteiger partial charge in [0.15, 0.2) is 15.4 Å². The smallest absolute Gasteiger partial charge is 0.272 e. The lowest BCUT2D eigenvalue weighted by Gasteiger charge is -2.22. The summed E-state index contributed by atoms with van der Waals surface area (Å²) in [6, 6.07) is 22.1. The van der Waals surface area contributed by atoms with Crippen molar-refractivity contribution in [3.8, 4) is 0 Å². The summed E-state index contributed by atoms with van der Waals surface area (Å²) in [5.74, 6) is -3.50. The zero-order valence-electron chi connectivity index (χ0n) is 23.5. The molecular weight excluding hydrogens is 582 g/mol. The Morgan fingerprint density at radius 2 is 1.48 bits per heavy atom. The molecule has 11 nitrogen and oxygen atoms in total. The Labute approximate surface area is 253 Å². The number of Topliss-reactive ketones (excluding diaryl/α,β-unsaturated/α-hetero) is 1. The van der Waals surface area contributed by atoms with Gasteiger partial charge in [0.2, 0.25) is 11.7 Å². The van der Waals surface area contributed by atoms with Crippen molar-refractivity contribution >= 4 is 38.5 Å². The second kappa shape index (κ2) is 13.8. The topological polar surface area (TPSA) is 161 Å². The van der Waals surface area contributed by atoms with E-state index in [0.717, 1.165) is 5.56 Å². The number of oxazole rings is 1. The van der Waals surface area contributed by atoms with Crippen molar-refractivity contribution in [2.24, 2.45) is 0 Å². The summed E-state index contributed by atoms with van der Waals surface area (Å²) in [6.45, 7) is 0. The number of fused-ring (bicyclic) bond motifs is 1. The molecular formula is C32H29N5O6S. The Balaban J connectivity index is 1.41. The molecule has 0 aliphatic rings. The van der Waals surface area contributed by atoms with Crippen LogP contribution in [0.2, 0.25) is 0 Å². The molecule has 2 amide bonds. The number of ketones is 1. The number of carbonyl (C=O) groups is 3. The third-order valence-corrected chi connectivity index (χ3v) is 8.38. The molecule has 0 unspecified atom stereocenters. The average molecular weight is 612 g/mol. The van der Waals surface area contributed by atoms with Gasteiger partial charge in [0.1, 0.15) is 17.3 Å². The van der Waals surface area contributed by atoms with E-state index in [4.69, 9.17) is 4.42 Å². The molecule has 5 aromatic rings. The van der Waals surface area contributed by atoms with E-state index in [9.17, 15) is 22.8 Å². The van der Waals surface area contributed by atoms with Crippen molar-refractivity contribution in [2.45, 2.75) is 30.7 Å². The Morgan fingerprint density at radius 1 is 0.795 bits per heavy atom. The minimum absolute atomic E-state index is 0.103. The van der Waals surface area contributed by atoms with Gasteiger partial charge < -0.3 is 15.1 Å². The van der Waals surface area contributed by atoms with Crippen LogP contribution in [0.15, 0.2) is 108 Å². The fourth-order valence-electron chi connectivity index (χ4n) is 4.60. The number of carbonyl (C=O) groups excluding carboxylic acids is 3. The van der Waals surface area contributed by atoms with E-state index in [2.05, 4.69) is 25.6 Å². The number of nitrogens with one attached hydrogen (secondary N) is 2. The van der Waals surface area contributed by atoms with Crippen LogP contribution in [0.1, 0.15) is 38.7 Å². The summed E-state index contributed by atoms with van der Waals surface area (Å²) in [5, 5.41) is 5.14. The minimum atomic E-state index is -3.91. The number of rotatable bonds is 13. The predicted molar refractivity (Wildman–Crippen MR) is 162 cm³/mol. The summed E-state index contributed by atoms with van der Waals surface area (Å²) in [5.41, 5.74) is 2.23. The Morgan fingerprint density at radius 3 is 2.16 bits per heavy atom. The van der Waals surface area contributed by atoms with Crippen molar-refractivity contribution in [1.29, 1.82) is 0 Å². The van der Waals surface area contributed by atoms with Crippen LogP contribution in [0.25, 0.3) is 11.1 Å². The molecule has 2 heterocycles. The Bertz CT molecular complexity index is 1810. The molecule has 44 heavy (non-hydrogen) atoms. The first-order chi connectivity index (χ1) is 21.3. The zero-order chi connectivity index (χ0) is 30.9. The van der Waals surface area contributed by atoms with Crippen LogP contribution in [-0.4, -0.2) is 58.8 Å². The van der Waals surface area contributed by atoms with E-state index in [-0.39, 0.29) is 23.8 Å². The summed E-state index contributed by atoms with van der Waals surface area (Å²) in [4.78, 5) is 52.5. The molecule has 2 aromatic heterocycles. The van der Waals surface area contributed by atoms with Gasteiger partial charge in [0.05, 0.1) is 23.7 Å². The van der Waals surface area contributed by atoms with Gasteiger partial charge in [-0.15, -0.1) is 0 Å². The lowest BCUT2D eigenvalue weighted by molar-refractivity contribution is -0.123. The summed E-state index contributed by atoms with van der Waals surface area (Å²) in [6.07, 6.45) is 4.45. The van der Waals surface area contributed by atoms with Gasteiger partial charge in [-0.05, 0) is 36.1 Å². The maximum absolute atomic E-state index is 13.7. The predicted octanol–water partition coefficient (Wildman–Crippen LogP) is 3.33. The molecule has 0 bridgehead atoms. The van der Waals surface area contributed by atoms with Crippen LogP contribution in [-0.2, 0) is 26.8 Å². The average Bonchev–Trinajstić information content (AvgIpc) is 3.48. The molecule has 3 aromatic carbocycles. The number of aromatic nitrogens is 3. The number of nitrogens with zero attached hydrogens (tertiary/aromatic N) is 3. The molecule has 2 N–H and O–H groups in total. The van der Waals surface area contributed by atoms with Gasteiger partial charge in [0.25, 0.3) is 11.8 Å². The zero-order valence-corrected chi connectivity index (χ0v) is 24.3. The van der Waals surface area contributed by atoms with Crippen LogP contribution in [0, 0.1) is 0 Å². The van der Waals surface area contributed by atoms with E-state index >= 15 is 0 Å². The monoisotopic (exact) mass is 611 g/mol. The minimum Gasteiger partial charge on any atom is -0.434 e. The largest absolute Gasteiger partial charge is 0.434 e. The van der Waals surface area contributed by atoms with Crippen molar-refractivity contribution in [2.75, 3.05) is 5.75 Å². The van der Waals surface area contributed by atoms with Gasteiger partial charge in [-0.3, -0.25) is 19.4 Å². The molecule has 2 atom stereocenters. The number of hydrogen-bond donors (Lipinski definition) is 2. The third-order valence-electron chi connectivity index (χ3n) is 6.77. The highest BCUT2D eigenvalue weighted by molar-refractivity contribution is 7.90. The third kappa shape index (κ3) is 7.98. The number of amides is 2. The lowest BCUT2D eigenvalue weighted by atomic mass is 10.0. The van der Waals surface area contributed by atoms with Crippen LogP contribution in [0.3, 0.4) is 0 Å². The fourth-order valence-corrected chi connectivity index (χ4v) is 6.16. The van der Waals surface area contributed by atoms with E-state index in [0.29, 0.717) is 23.1 Å². The van der Waals surface area contributed by atoms with Gasteiger partial charge >= 0.3 is 0 Å².